The van der Waals surface area contributed by atoms with Crippen molar-refractivity contribution in [1.29, 1.82) is 0 Å². The largest absolute Gasteiger partial charge is 0.493 e. The van der Waals surface area contributed by atoms with Gasteiger partial charge in [-0.1, -0.05) is 13.0 Å². The summed E-state index contributed by atoms with van der Waals surface area (Å²) in [5, 5.41) is 2.36. The van der Waals surface area contributed by atoms with Crippen molar-refractivity contribution in [3.8, 4) is 5.75 Å². The van der Waals surface area contributed by atoms with Crippen LogP contribution in [0.1, 0.15) is 37.7 Å². The quantitative estimate of drug-likeness (QED) is 0.637. The Hall–Kier alpha value is -2.04. The van der Waals surface area contributed by atoms with Gasteiger partial charge in [0.1, 0.15) is 5.75 Å². The molecule has 0 bridgehead atoms. The summed E-state index contributed by atoms with van der Waals surface area (Å²) in [7, 11) is 0. The Labute approximate surface area is 112 Å². The first kappa shape index (κ1) is 13.4. The predicted octanol–water partition coefficient (Wildman–Crippen LogP) is 1.58. The Balaban J connectivity index is 2.27. The molecular formula is C14H18N2O3. The SMILES string of the molecule is CCCOc1cc(N)ccc1C1CCC(=O)NC1=O. The van der Waals surface area contributed by atoms with Crippen molar-refractivity contribution in [3.05, 3.63) is 23.8 Å². The van der Waals surface area contributed by atoms with Crippen LogP contribution < -0.4 is 15.8 Å². The number of carbonyl (C=O) groups excluding carboxylic acids is 2. The summed E-state index contributed by atoms with van der Waals surface area (Å²) in [6, 6.07) is 5.28. The van der Waals surface area contributed by atoms with Gasteiger partial charge in [0.15, 0.2) is 0 Å². The van der Waals surface area contributed by atoms with E-state index in [2.05, 4.69) is 5.32 Å². The number of piperidine rings is 1. The molecule has 102 valence electrons. The third-order valence-electron chi connectivity index (χ3n) is 3.11. The summed E-state index contributed by atoms with van der Waals surface area (Å²) in [5.41, 5.74) is 7.15. The van der Waals surface area contributed by atoms with Gasteiger partial charge in [-0.15, -0.1) is 0 Å². The highest BCUT2D eigenvalue weighted by atomic mass is 16.5. The minimum absolute atomic E-state index is 0.215. The second-order valence-electron chi connectivity index (χ2n) is 4.65. The van der Waals surface area contributed by atoms with Crippen molar-refractivity contribution >= 4 is 17.5 Å². The zero-order valence-electron chi connectivity index (χ0n) is 10.9. The molecule has 1 heterocycles. The first-order chi connectivity index (χ1) is 9.11. The maximum absolute atomic E-state index is 11.9. The molecule has 1 saturated heterocycles. The van der Waals surface area contributed by atoms with Crippen LogP contribution in [0.2, 0.25) is 0 Å². The van der Waals surface area contributed by atoms with E-state index < -0.39 is 0 Å². The van der Waals surface area contributed by atoms with E-state index in [1.54, 1.807) is 18.2 Å². The Kier molecular flexibility index (Phi) is 4.04. The molecule has 1 aromatic carbocycles. The van der Waals surface area contributed by atoms with Crippen LogP contribution in [0.25, 0.3) is 0 Å². The van der Waals surface area contributed by atoms with Crippen molar-refractivity contribution in [1.82, 2.24) is 5.32 Å². The molecule has 19 heavy (non-hydrogen) atoms. The summed E-state index contributed by atoms with van der Waals surface area (Å²) >= 11 is 0. The number of hydrogen-bond donors (Lipinski definition) is 2. The van der Waals surface area contributed by atoms with Crippen molar-refractivity contribution in [2.75, 3.05) is 12.3 Å². The zero-order valence-corrected chi connectivity index (χ0v) is 10.9. The summed E-state index contributed by atoms with van der Waals surface area (Å²) in [6.07, 6.45) is 1.74. The van der Waals surface area contributed by atoms with Crippen LogP contribution in [0.4, 0.5) is 5.69 Å². The van der Waals surface area contributed by atoms with Crippen LogP contribution in [0, 0.1) is 0 Å². The van der Waals surface area contributed by atoms with E-state index in [1.165, 1.54) is 0 Å². The smallest absolute Gasteiger partial charge is 0.234 e. The number of hydrogen-bond acceptors (Lipinski definition) is 4. The van der Waals surface area contributed by atoms with E-state index >= 15 is 0 Å². The van der Waals surface area contributed by atoms with E-state index in [1.807, 2.05) is 6.92 Å². The molecule has 5 heteroatoms. The standard InChI is InChI=1S/C14H18N2O3/c1-2-7-19-12-8-9(15)3-4-10(12)11-5-6-13(17)16-14(11)18/h3-4,8,11H,2,5-7,15H2,1H3,(H,16,17,18). The first-order valence-corrected chi connectivity index (χ1v) is 6.47. The molecule has 0 aliphatic carbocycles. The van der Waals surface area contributed by atoms with Crippen LogP contribution in [-0.4, -0.2) is 18.4 Å². The lowest BCUT2D eigenvalue weighted by atomic mass is 9.89. The molecule has 3 N–H and O–H groups in total. The van der Waals surface area contributed by atoms with Crippen molar-refractivity contribution < 1.29 is 14.3 Å². The molecule has 0 saturated carbocycles. The number of nitrogen functional groups attached to an aromatic ring is 1. The second kappa shape index (κ2) is 5.73. The number of benzene rings is 1. The number of anilines is 1. The number of ether oxygens (including phenoxy) is 1. The molecule has 1 aliphatic rings. The molecular weight excluding hydrogens is 244 g/mol. The van der Waals surface area contributed by atoms with Gasteiger partial charge < -0.3 is 10.5 Å². The average Bonchev–Trinajstić information content (AvgIpc) is 2.37. The van der Waals surface area contributed by atoms with Gasteiger partial charge in [-0.05, 0) is 18.9 Å². The number of rotatable bonds is 4. The van der Waals surface area contributed by atoms with E-state index in [0.717, 1.165) is 12.0 Å². The Morgan fingerprint density at radius 1 is 1.42 bits per heavy atom. The van der Waals surface area contributed by atoms with Crippen LogP contribution in [0.3, 0.4) is 0 Å². The van der Waals surface area contributed by atoms with Crippen LogP contribution in [-0.2, 0) is 9.59 Å². The lowest BCUT2D eigenvalue weighted by Gasteiger charge is -2.23. The fourth-order valence-corrected chi connectivity index (χ4v) is 2.17. The number of carbonyl (C=O) groups is 2. The third kappa shape index (κ3) is 3.05. The van der Waals surface area contributed by atoms with E-state index in [9.17, 15) is 9.59 Å². The highest BCUT2D eigenvalue weighted by Crippen LogP contribution is 2.33. The molecule has 1 aliphatic heterocycles. The van der Waals surface area contributed by atoms with Gasteiger partial charge in [0.2, 0.25) is 11.8 Å². The van der Waals surface area contributed by atoms with E-state index in [-0.39, 0.29) is 17.7 Å². The Morgan fingerprint density at radius 3 is 2.89 bits per heavy atom. The molecule has 0 aromatic heterocycles. The van der Waals surface area contributed by atoms with Crippen LogP contribution >= 0.6 is 0 Å². The average molecular weight is 262 g/mol. The molecule has 1 atom stereocenters. The van der Waals surface area contributed by atoms with Gasteiger partial charge >= 0.3 is 0 Å². The molecule has 2 rings (SSSR count). The lowest BCUT2D eigenvalue weighted by Crippen LogP contribution is -2.39. The molecule has 2 amide bonds. The van der Waals surface area contributed by atoms with Crippen molar-refractivity contribution in [3.63, 3.8) is 0 Å². The van der Waals surface area contributed by atoms with E-state index in [0.29, 0.717) is 30.9 Å². The lowest BCUT2D eigenvalue weighted by molar-refractivity contribution is -0.134. The van der Waals surface area contributed by atoms with Crippen LogP contribution in [0.15, 0.2) is 18.2 Å². The Morgan fingerprint density at radius 2 is 2.21 bits per heavy atom. The molecule has 0 spiro atoms. The first-order valence-electron chi connectivity index (χ1n) is 6.47. The number of nitrogens with one attached hydrogen (secondary N) is 1. The molecule has 1 fully saturated rings. The fraction of sp³-hybridized carbons (Fsp3) is 0.429. The van der Waals surface area contributed by atoms with Gasteiger partial charge in [0.05, 0.1) is 12.5 Å². The highest BCUT2D eigenvalue weighted by Gasteiger charge is 2.30. The summed E-state index contributed by atoms with van der Waals surface area (Å²) in [6.45, 7) is 2.58. The van der Waals surface area contributed by atoms with Gasteiger partial charge in [0, 0.05) is 23.7 Å². The molecule has 1 aromatic rings. The summed E-state index contributed by atoms with van der Waals surface area (Å²) < 4.78 is 5.65. The summed E-state index contributed by atoms with van der Waals surface area (Å²) in [5.74, 6) is -0.184. The van der Waals surface area contributed by atoms with Gasteiger partial charge in [-0.2, -0.15) is 0 Å². The number of imide groups is 1. The minimum Gasteiger partial charge on any atom is -0.493 e. The van der Waals surface area contributed by atoms with Crippen molar-refractivity contribution in [2.45, 2.75) is 32.1 Å². The molecule has 1 unspecified atom stereocenters. The maximum atomic E-state index is 11.9. The molecule has 0 radical (unpaired) electrons. The third-order valence-corrected chi connectivity index (χ3v) is 3.11. The summed E-state index contributed by atoms with van der Waals surface area (Å²) in [4.78, 5) is 23.1. The van der Waals surface area contributed by atoms with Gasteiger partial charge in [-0.3, -0.25) is 14.9 Å². The predicted molar refractivity (Wildman–Crippen MR) is 71.8 cm³/mol. The van der Waals surface area contributed by atoms with Crippen molar-refractivity contribution in [2.24, 2.45) is 0 Å². The fourth-order valence-electron chi connectivity index (χ4n) is 2.17. The zero-order chi connectivity index (χ0) is 13.8. The highest BCUT2D eigenvalue weighted by molar-refractivity contribution is 6.01. The van der Waals surface area contributed by atoms with E-state index in [4.69, 9.17) is 10.5 Å². The topological polar surface area (TPSA) is 81.4 Å². The Bertz CT molecular complexity index is 499. The van der Waals surface area contributed by atoms with Crippen LogP contribution in [0.5, 0.6) is 5.75 Å². The second-order valence-corrected chi connectivity index (χ2v) is 4.65. The number of amides is 2. The van der Waals surface area contributed by atoms with Gasteiger partial charge in [0.25, 0.3) is 0 Å². The minimum atomic E-state index is -0.342. The normalized spacial score (nSPS) is 19.1. The maximum Gasteiger partial charge on any atom is 0.234 e. The van der Waals surface area contributed by atoms with Gasteiger partial charge in [-0.25, -0.2) is 0 Å². The number of nitrogens with two attached hydrogens (primary N) is 1. The monoisotopic (exact) mass is 262 g/mol. The molecule has 5 nitrogen and oxygen atoms in total.